The Morgan fingerprint density at radius 2 is 2.00 bits per heavy atom. The van der Waals surface area contributed by atoms with Gasteiger partial charge in [0, 0.05) is 6.61 Å². The Balaban J connectivity index is 1.75. The normalized spacial score (nSPS) is 40.5. The van der Waals surface area contributed by atoms with E-state index in [9.17, 15) is 0 Å². The van der Waals surface area contributed by atoms with Crippen LogP contribution < -0.4 is 0 Å². The fourth-order valence-corrected chi connectivity index (χ4v) is 3.52. The highest BCUT2D eigenvalue weighted by Gasteiger charge is 2.43. The van der Waals surface area contributed by atoms with E-state index in [0.717, 1.165) is 25.4 Å². The third kappa shape index (κ3) is 3.61. The molecule has 0 bridgehead atoms. The van der Waals surface area contributed by atoms with E-state index in [-0.39, 0.29) is 17.6 Å². The van der Waals surface area contributed by atoms with Crippen LogP contribution in [0.5, 0.6) is 0 Å². The first-order chi connectivity index (χ1) is 8.74. The van der Waals surface area contributed by atoms with Crippen molar-refractivity contribution in [1.82, 2.24) is 0 Å². The molecule has 2 aliphatic carbocycles. The van der Waals surface area contributed by atoms with E-state index < -0.39 is 0 Å². The highest BCUT2D eigenvalue weighted by atomic mass is 35.5. The van der Waals surface area contributed by atoms with Crippen LogP contribution in [0.1, 0.15) is 58.8 Å². The van der Waals surface area contributed by atoms with E-state index in [1.165, 1.54) is 32.1 Å². The van der Waals surface area contributed by atoms with Gasteiger partial charge in [-0.25, -0.2) is 0 Å². The van der Waals surface area contributed by atoms with E-state index in [1.54, 1.807) is 0 Å². The standard InChI is InChI=1S/C15H27ClO2/c1-3-8-17-15-13(16)10-14(15)18-12-7-5-6-11(4-2)9-12/h11-15H,3-10H2,1-2H3. The van der Waals surface area contributed by atoms with Crippen molar-refractivity contribution >= 4 is 11.6 Å². The number of hydrogen-bond donors (Lipinski definition) is 0. The summed E-state index contributed by atoms with van der Waals surface area (Å²) in [6.45, 7) is 5.22. The Kier molecular flexibility index (Phi) is 5.78. The van der Waals surface area contributed by atoms with Crippen molar-refractivity contribution < 1.29 is 9.47 Å². The van der Waals surface area contributed by atoms with Crippen molar-refractivity contribution in [3.8, 4) is 0 Å². The van der Waals surface area contributed by atoms with Crippen LogP contribution in [0.15, 0.2) is 0 Å². The van der Waals surface area contributed by atoms with Crippen LogP contribution in [-0.4, -0.2) is 30.3 Å². The molecule has 0 aromatic heterocycles. The molecule has 0 aromatic rings. The third-order valence-corrected chi connectivity index (χ3v) is 4.80. The summed E-state index contributed by atoms with van der Waals surface area (Å²) in [5.74, 6) is 0.866. The Morgan fingerprint density at radius 3 is 2.67 bits per heavy atom. The Morgan fingerprint density at radius 1 is 1.17 bits per heavy atom. The Hall–Kier alpha value is 0.210. The maximum Gasteiger partial charge on any atom is 0.100 e. The first-order valence-electron chi connectivity index (χ1n) is 7.65. The number of alkyl halides is 1. The van der Waals surface area contributed by atoms with Gasteiger partial charge in [-0.1, -0.05) is 33.1 Å². The zero-order chi connectivity index (χ0) is 13.0. The first-order valence-corrected chi connectivity index (χ1v) is 8.09. The summed E-state index contributed by atoms with van der Waals surface area (Å²) in [7, 11) is 0. The molecule has 0 radical (unpaired) electrons. The molecule has 3 heteroatoms. The van der Waals surface area contributed by atoms with Crippen LogP contribution >= 0.6 is 11.6 Å². The molecule has 0 aromatic carbocycles. The van der Waals surface area contributed by atoms with E-state index in [2.05, 4.69) is 13.8 Å². The Bertz CT molecular complexity index is 247. The van der Waals surface area contributed by atoms with Crippen LogP contribution in [0.3, 0.4) is 0 Å². The summed E-state index contributed by atoms with van der Waals surface area (Å²) in [5.41, 5.74) is 0. The molecule has 18 heavy (non-hydrogen) atoms. The molecular weight excluding hydrogens is 248 g/mol. The van der Waals surface area contributed by atoms with Gasteiger partial charge in [-0.2, -0.15) is 0 Å². The lowest BCUT2D eigenvalue weighted by atomic mass is 9.84. The molecular formula is C15H27ClO2. The predicted octanol–water partition coefficient (Wildman–Crippen LogP) is 4.15. The molecule has 0 spiro atoms. The van der Waals surface area contributed by atoms with Gasteiger partial charge in [0.2, 0.25) is 0 Å². The van der Waals surface area contributed by atoms with Crippen LogP contribution in [0.2, 0.25) is 0 Å². The summed E-state index contributed by atoms with van der Waals surface area (Å²) in [4.78, 5) is 0. The van der Waals surface area contributed by atoms with Gasteiger partial charge in [0.05, 0.1) is 17.6 Å². The highest BCUT2D eigenvalue weighted by molar-refractivity contribution is 6.21. The van der Waals surface area contributed by atoms with E-state index >= 15 is 0 Å². The molecule has 2 nitrogen and oxygen atoms in total. The van der Waals surface area contributed by atoms with Crippen molar-refractivity contribution in [2.75, 3.05) is 6.61 Å². The largest absolute Gasteiger partial charge is 0.374 e. The zero-order valence-corrected chi connectivity index (χ0v) is 12.5. The summed E-state index contributed by atoms with van der Waals surface area (Å²) >= 11 is 6.21. The van der Waals surface area contributed by atoms with Crippen LogP contribution in [0, 0.1) is 5.92 Å². The topological polar surface area (TPSA) is 18.5 Å². The quantitative estimate of drug-likeness (QED) is 0.678. The molecule has 0 aliphatic heterocycles. The lowest BCUT2D eigenvalue weighted by Gasteiger charge is -2.43. The lowest BCUT2D eigenvalue weighted by molar-refractivity contribution is -0.156. The molecule has 0 heterocycles. The van der Waals surface area contributed by atoms with Crippen molar-refractivity contribution in [2.24, 2.45) is 5.92 Å². The van der Waals surface area contributed by atoms with Gasteiger partial charge < -0.3 is 9.47 Å². The second-order valence-electron chi connectivity index (χ2n) is 5.82. The fraction of sp³-hybridized carbons (Fsp3) is 1.00. The highest BCUT2D eigenvalue weighted by Crippen LogP contribution is 2.36. The maximum absolute atomic E-state index is 6.23. The average Bonchev–Trinajstić information content (AvgIpc) is 2.39. The summed E-state index contributed by atoms with van der Waals surface area (Å²) in [6.07, 6.45) is 9.30. The van der Waals surface area contributed by atoms with Crippen LogP contribution in [0.25, 0.3) is 0 Å². The second-order valence-corrected chi connectivity index (χ2v) is 6.39. The van der Waals surface area contributed by atoms with Gasteiger partial charge in [0.1, 0.15) is 6.10 Å². The number of halogens is 1. The summed E-state index contributed by atoms with van der Waals surface area (Å²) in [5, 5.41) is 0.159. The minimum Gasteiger partial charge on any atom is -0.374 e. The molecule has 5 unspecified atom stereocenters. The number of rotatable bonds is 6. The Labute approximate surface area is 116 Å². The van der Waals surface area contributed by atoms with Gasteiger partial charge in [0.25, 0.3) is 0 Å². The van der Waals surface area contributed by atoms with Crippen molar-refractivity contribution in [3.05, 3.63) is 0 Å². The second kappa shape index (κ2) is 7.12. The molecule has 2 aliphatic rings. The molecule has 0 amide bonds. The van der Waals surface area contributed by atoms with Crippen molar-refractivity contribution in [1.29, 1.82) is 0 Å². The lowest BCUT2D eigenvalue weighted by Crippen LogP contribution is -2.52. The minimum absolute atomic E-state index is 0.133. The number of ether oxygens (including phenoxy) is 2. The summed E-state index contributed by atoms with van der Waals surface area (Å²) < 4.78 is 12.0. The molecule has 2 fully saturated rings. The molecule has 2 saturated carbocycles. The molecule has 106 valence electrons. The molecule has 0 saturated heterocycles. The van der Waals surface area contributed by atoms with E-state index in [4.69, 9.17) is 21.1 Å². The van der Waals surface area contributed by atoms with Crippen molar-refractivity contribution in [3.63, 3.8) is 0 Å². The predicted molar refractivity (Wildman–Crippen MR) is 75.2 cm³/mol. The average molecular weight is 275 g/mol. The smallest absolute Gasteiger partial charge is 0.100 e. The third-order valence-electron chi connectivity index (χ3n) is 4.37. The SMILES string of the molecule is CCCOC1C(Cl)CC1OC1CCCC(CC)C1. The zero-order valence-electron chi connectivity index (χ0n) is 11.7. The summed E-state index contributed by atoms with van der Waals surface area (Å²) in [6, 6.07) is 0. The van der Waals surface area contributed by atoms with Gasteiger partial charge >= 0.3 is 0 Å². The fourth-order valence-electron chi connectivity index (χ4n) is 3.11. The van der Waals surface area contributed by atoms with Crippen LogP contribution in [0.4, 0.5) is 0 Å². The van der Waals surface area contributed by atoms with E-state index in [0.29, 0.717) is 6.10 Å². The molecule has 0 N–H and O–H groups in total. The van der Waals surface area contributed by atoms with Gasteiger partial charge in [-0.3, -0.25) is 0 Å². The monoisotopic (exact) mass is 274 g/mol. The van der Waals surface area contributed by atoms with Gasteiger partial charge in [-0.15, -0.1) is 11.6 Å². The van der Waals surface area contributed by atoms with Gasteiger partial charge in [0.15, 0.2) is 0 Å². The molecule has 2 rings (SSSR count). The van der Waals surface area contributed by atoms with Crippen molar-refractivity contribution in [2.45, 2.75) is 82.5 Å². The number of hydrogen-bond acceptors (Lipinski definition) is 2. The molecule has 5 atom stereocenters. The minimum atomic E-state index is 0.133. The van der Waals surface area contributed by atoms with Gasteiger partial charge in [-0.05, 0) is 31.6 Å². The van der Waals surface area contributed by atoms with E-state index in [1.807, 2.05) is 0 Å². The van der Waals surface area contributed by atoms with Crippen LogP contribution in [-0.2, 0) is 9.47 Å². The first kappa shape index (κ1) is 14.6. The maximum atomic E-state index is 6.23.